The zero-order valence-electron chi connectivity index (χ0n) is 22.3. The molecule has 0 spiro atoms. The maximum Gasteiger partial charge on any atom is 0.0548 e. The summed E-state index contributed by atoms with van der Waals surface area (Å²) in [4.78, 5) is 0. The van der Waals surface area contributed by atoms with Crippen LogP contribution in [-0.4, -0.2) is 10.3 Å². The normalized spacial score (nSPS) is 11.6. The number of nitrogens with zero attached hydrogens (tertiary/aromatic N) is 1. The Morgan fingerprint density at radius 1 is 0.537 bits per heavy atom. The summed E-state index contributed by atoms with van der Waals surface area (Å²) in [5.74, 6) is 0. The van der Waals surface area contributed by atoms with E-state index >= 15 is 0 Å². The second kappa shape index (κ2) is 9.58. The van der Waals surface area contributed by atoms with Gasteiger partial charge in [0.25, 0.3) is 0 Å². The van der Waals surface area contributed by atoms with Crippen molar-refractivity contribution in [3.05, 3.63) is 151 Å². The van der Waals surface area contributed by atoms with Crippen molar-refractivity contribution in [1.29, 1.82) is 5.41 Å². The number of hydrogen-bond donors (Lipinski definition) is 1. The maximum absolute atomic E-state index is 8.91. The SMILES string of the molecule is N=C(Cc1ccccc1)c1cccc(-n2c3ccc(-c4ccccc4)cc3c3cc4sc5ccccc5c4cc32)c1. The van der Waals surface area contributed by atoms with Crippen molar-refractivity contribution in [2.24, 2.45) is 0 Å². The van der Waals surface area contributed by atoms with Crippen LogP contribution >= 0.6 is 11.3 Å². The van der Waals surface area contributed by atoms with Gasteiger partial charge in [0.1, 0.15) is 0 Å². The number of benzene rings is 6. The molecule has 0 aliphatic rings. The first-order valence-electron chi connectivity index (χ1n) is 13.9. The van der Waals surface area contributed by atoms with Crippen LogP contribution < -0.4 is 0 Å². The number of aromatic nitrogens is 1. The van der Waals surface area contributed by atoms with Crippen molar-refractivity contribution >= 4 is 59.0 Å². The molecule has 1 N–H and O–H groups in total. The smallest absolute Gasteiger partial charge is 0.0548 e. The van der Waals surface area contributed by atoms with Gasteiger partial charge in [0.15, 0.2) is 0 Å². The molecule has 0 aliphatic carbocycles. The number of nitrogens with one attached hydrogen (secondary N) is 1. The summed E-state index contributed by atoms with van der Waals surface area (Å²) >= 11 is 1.86. The lowest BCUT2D eigenvalue weighted by Crippen LogP contribution is -2.05. The molecular formula is C38H26N2S. The number of hydrogen-bond acceptors (Lipinski definition) is 2. The van der Waals surface area contributed by atoms with Crippen LogP contribution in [0.5, 0.6) is 0 Å². The van der Waals surface area contributed by atoms with E-state index in [-0.39, 0.29) is 0 Å². The highest BCUT2D eigenvalue weighted by Crippen LogP contribution is 2.41. The van der Waals surface area contributed by atoms with E-state index in [1.54, 1.807) is 0 Å². The molecule has 3 heteroatoms. The Hall–Kier alpha value is -4.99. The molecule has 41 heavy (non-hydrogen) atoms. The van der Waals surface area contributed by atoms with Crippen molar-refractivity contribution in [2.45, 2.75) is 6.42 Å². The lowest BCUT2D eigenvalue weighted by Gasteiger charge is -2.11. The Kier molecular flexibility index (Phi) is 5.58. The van der Waals surface area contributed by atoms with Crippen LogP contribution in [0.3, 0.4) is 0 Å². The average molecular weight is 543 g/mol. The van der Waals surface area contributed by atoms with Gasteiger partial charge in [-0.15, -0.1) is 11.3 Å². The fourth-order valence-electron chi connectivity index (χ4n) is 6.06. The van der Waals surface area contributed by atoms with Crippen LogP contribution in [0.25, 0.3) is 58.8 Å². The van der Waals surface area contributed by atoms with Gasteiger partial charge in [-0.2, -0.15) is 0 Å². The van der Waals surface area contributed by atoms with Gasteiger partial charge in [-0.05, 0) is 64.7 Å². The molecule has 8 rings (SSSR count). The molecule has 2 aromatic heterocycles. The van der Waals surface area contributed by atoms with Crippen LogP contribution in [-0.2, 0) is 6.42 Å². The third-order valence-corrected chi connectivity index (χ3v) is 9.18. The number of fused-ring (bicyclic) bond motifs is 6. The molecule has 2 nitrogen and oxygen atoms in total. The standard InChI is InChI=1S/C38H26N2S/c39-34(20-25-10-3-1-4-11-25)28-14-9-15-29(21-28)40-35-19-18-27(26-12-5-2-6-13-26)22-31(35)32-24-38-33(23-36(32)40)30-16-7-8-17-37(30)41-38/h1-19,21-24,39H,20H2. The van der Waals surface area contributed by atoms with Crippen LogP contribution in [0.1, 0.15) is 11.1 Å². The summed E-state index contributed by atoms with van der Waals surface area (Å²) < 4.78 is 5.00. The summed E-state index contributed by atoms with van der Waals surface area (Å²) in [7, 11) is 0. The minimum absolute atomic E-state index is 0.611. The molecule has 0 aliphatic heterocycles. The summed E-state index contributed by atoms with van der Waals surface area (Å²) in [5.41, 5.74) is 8.59. The zero-order chi connectivity index (χ0) is 27.3. The monoisotopic (exact) mass is 542 g/mol. The first-order valence-corrected chi connectivity index (χ1v) is 14.7. The highest BCUT2D eigenvalue weighted by Gasteiger charge is 2.17. The number of rotatable bonds is 5. The largest absolute Gasteiger partial charge is 0.309 e. The van der Waals surface area contributed by atoms with Gasteiger partial charge >= 0.3 is 0 Å². The van der Waals surface area contributed by atoms with E-state index in [2.05, 4.69) is 126 Å². The quantitative estimate of drug-likeness (QED) is 0.210. The third kappa shape index (κ3) is 4.05. The lowest BCUT2D eigenvalue weighted by atomic mass is 10.0. The van der Waals surface area contributed by atoms with Crippen LogP contribution in [0.15, 0.2) is 140 Å². The first kappa shape index (κ1) is 23.9. The fourth-order valence-corrected chi connectivity index (χ4v) is 7.19. The number of thiophene rings is 1. The van der Waals surface area contributed by atoms with Gasteiger partial charge in [-0.3, -0.25) is 0 Å². The molecule has 0 fully saturated rings. The predicted molar refractivity (Wildman–Crippen MR) is 176 cm³/mol. The van der Waals surface area contributed by atoms with E-state index in [0.717, 1.165) is 16.8 Å². The fraction of sp³-hybridized carbons (Fsp3) is 0.0263. The summed E-state index contributed by atoms with van der Waals surface area (Å²) in [6.45, 7) is 0. The topological polar surface area (TPSA) is 28.8 Å². The second-order valence-electron chi connectivity index (χ2n) is 10.6. The van der Waals surface area contributed by atoms with Gasteiger partial charge in [-0.25, -0.2) is 0 Å². The molecule has 0 atom stereocenters. The Bertz CT molecular complexity index is 2240. The van der Waals surface area contributed by atoms with E-state index in [1.807, 2.05) is 29.5 Å². The second-order valence-corrected chi connectivity index (χ2v) is 11.7. The Balaban J connectivity index is 1.37. The van der Waals surface area contributed by atoms with Crippen molar-refractivity contribution in [3.8, 4) is 16.8 Å². The molecule has 0 bridgehead atoms. The van der Waals surface area contributed by atoms with Crippen molar-refractivity contribution in [2.75, 3.05) is 0 Å². The summed E-state index contributed by atoms with van der Waals surface area (Å²) in [6.07, 6.45) is 0.611. The van der Waals surface area contributed by atoms with E-state index in [4.69, 9.17) is 5.41 Å². The van der Waals surface area contributed by atoms with Gasteiger partial charge < -0.3 is 9.98 Å². The van der Waals surface area contributed by atoms with E-state index in [9.17, 15) is 0 Å². The van der Waals surface area contributed by atoms with E-state index < -0.39 is 0 Å². The zero-order valence-corrected chi connectivity index (χ0v) is 23.2. The average Bonchev–Trinajstić information content (AvgIpc) is 3.55. The van der Waals surface area contributed by atoms with Crippen LogP contribution in [0.2, 0.25) is 0 Å². The Labute approximate surface area is 242 Å². The highest BCUT2D eigenvalue weighted by atomic mass is 32.1. The molecule has 0 saturated carbocycles. The van der Waals surface area contributed by atoms with E-state index in [1.165, 1.54) is 53.1 Å². The van der Waals surface area contributed by atoms with E-state index in [0.29, 0.717) is 12.1 Å². The molecule has 6 aromatic carbocycles. The third-order valence-electron chi connectivity index (χ3n) is 8.05. The summed E-state index contributed by atoms with van der Waals surface area (Å²) in [5, 5.41) is 14.0. The van der Waals surface area contributed by atoms with Crippen molar-refractivity contribution in [1.82, 2.24) is 4.57 Å². The van der Waals surface area contributed by atoms with Crippen LogP contribution in [0.4, 0.5) is 0 Å². The van der Waals surface area contributed by atoms with Crippen molar-refractivity contribution < 1.29 is 0 Å². The first-order chi connectivity index (χ1) is 20.2. The van der Waals surface area contributed by atoms with Gasteiger partial charge in [0, 0.05) is 48.8 Å². The lowest BCUT2D eigenvalue weighted by molar-refractivity contribution is 1.17. The molecule has 8 aromatic rings. The Morgan fingerprint density at radius 2 is 1.29 bits per heavy atom. The molecule has 0 unspecified atom stereocenters. The van der Waals surface area contributed by atoms with Crippen molar-refractivity contribution in [3.63, 3.8) is 0 Å². The maximum atomic E-state index is 8.91. The van der Waals surface area contributed by atoms with Gasteiger partial charge in [-0.1, -0.05) is 97.1 Å². The minimum atomic E-state index is 0.611. The summed E-state index contributed by atoms with van der Waals surface area (Å²) in [6, 6.07) is 49.6. The highest BCUT2D eigenvalue weighted by molar-refractivity contribution is 7.25. The predicted octanol–water partition coefficient (Wildman–Crippen LogP) is 10.4. The Morgan fingerprint density at radius 3 is 2.15 bits per heavy atom. The molecular weight excluding hydrogens is 516 g/mol. The molecule has 2 heterocycles. The molecule has 0 radical (unpaired) electrons. The molecule has 0 amide bonds. The van der Waals surface area contributed by atoms with Crippen LogP contribution in [0, 0.1) is 5.41 Å². The minimum Gasteiger partial charge on any atom is -0.309 e. The van der Waals surface area contributed by atoms with Gasteiger partial charge in [0.05, 0.1) is 11.0 Å². The molecule has 194 valence electrons. The van der Waals surface area contributed by atoms with Gasteiger partial charge in [0.2, 0.25) is 0 Å². The molecule has 0 saturated heterocycles.